The summed E-state index contributed by atoms with van der Waals surface area (Å²) in [6, 6.07) is 29.0. The van der Waals surface area contributed by atoms with Gasteiger partial charge in [-0.15, -0.1) is 0 Å². The molecule has 0 radical (unpaired) electrons. The van der Waals surface area contributed by atoms with Crippen molar-refractivity contribution in [3.05, 3.63) is 119 Å². The molecule has 0 N–H and O–H groups in total. The summed E-state index contributed by atoms with van der Waals surface area (Å²) in [4.78, 5) is 24.9. The lowest BCUT2D eigenvalue weighted by atomic mass is 9.95. The number of benzene rings is 4. The second-order valence-electron chi connectivity index (χ2n) is 8.48. The molecule has 1 heterocycles. The lowest BCUT2D eigenvalue weighted by Gasteiger charge is -2.43. The third-order valence-electron chi connectivity index (χ3n) is 6.43. The lowest BCUT2D eigenvalue weighted by molar-refractivity contribution is -0.653. The van der Waals surface area contributed by atoms with Gasteiger partial charge in [0.25, 0.3) is 11.6 Å². The summed E-state index contributed by atoms with van der Waals surface area (Å²) in [5, 5.41) is 0. The highest BCUT2D eigenvalue weighted by atomic mass is 17.4. The third kappa shape index (κ3) is 4.55. The lowest BCUT2D eigenvalue weighted by Crippen LogP contribution is -2.48. The number of hydrogen-bond donors (Lipinski definition) is 0. The molecule has 0 saturated carbocycles. The molecule has 1 saturated heterocycles. The van der Waals surface area contributed by atoms with E-state index >= 15 is 0 Å². The molecule has 196 valence electrons. The van der Waals surface area contributed by atoms with Crippen molar-refractivity contribution in [1.29, 1.82) is 0 Å². The smallest absolute Gasteiger partial charge is 0.284 e. The van der Waals surface area contributed by atoms with Crippen LogP contribution in [-0.2, 0) is 31.1 Å². The summed E-state index contributed by atoms with van der Waals surface area (Å²) >= 11 is 0. The van der Waals surface area contributed by atoms with Gasteiger partial charge in [-0.3, -0.25) is 0 Å². The van der Waals surface area contributed by atoms with E-state index in [2.05, 4.69) is 0 Å². The topological polar surface area (TPSA) is 73.8 Å². The van der Waals surface area contributed by atoms with Gasteiger partial charge in [0.1, 0.15) is 23.0 Å². The third-order valence-corrected chi connectivity index (χ3v) is 6.43. The second kappa shape index (κ2) is 10.7. The molecule has 8 nitrogen and oxygen atoms in total. The minimum absolute atomic E-state index is 0.626. The molecule has 0 unspecified atom stereocenters. The van der Waals surface area contributed by atoms with Crippen molar-refractivity contribution in [3.63, 3.8) is 0 Å². The minimum Gasteiger partial charge on any atom is -0.497 e. The predicted octanol–water partition coefficient (Wildman–Crippen LogP) is 5.73. The fourth-order valence-electron chi connectivity index (χ4n) is 4.22. The van der Waals surface area contributed by atoms with Crippen LogP contribution in [0, 0.1) is 0 Å². The van der Waals surface area contributed by atoms with Crippen molar-refractivity contribution >= 4 is 0 Å². The molecule has 4 aromatic carbocycles. The van der Waals surface area contributed by atoms with Crippen LogP contribution in [0.15, 0.2) is 97.1 Å². The Morgan fingerprint density at radius 2 is 0.526 bits per heavy atom. The largest absolute Gasteiger partial charge is 0.497 e. The summed E-state index contributed by atoms with van der Waals surface area (Å²) in [5.74, 6) is -0.379. The molecule has 1 fully saturated rings. The Hall–Kier alpha value is -4.08. The molecular formula is C30H28O8. The Morgan fingerprint density at radius 3 is 0.684 bits per heavy atom. The molecule has 0 atom stereocenters. The van der Waals surface area contributed by atoms with Crippen molar-refractivity contribution in [2.24, 2.45) is 0 Å². The summed E-state index contributed by atoms with van der Waals surface area (Å²) in [5.41, 5.74) is 2.51. The zero-order valence-electron chi connectivity index (χ0n) is 21.5. The van der Waals surface area contributed by atoms with E-state index in [4.69, 9.17) is 38.5 Å². The quantitative estimate of drug-likeness (QED) is 0.275. The van der Waals surface area contributed by atoms with Gasteiger partial charge in [0.2, 0.25) is 0 Å². The van der Waals surface area contributed by atoms with Gasteiger partial charge in [0.15, 0.2) is 0 Å². The second-order valence-corrected chi connectivity index (χ2v) is 8.48. The highest BCUT2D eigenvalue weighted by Crippen LogP contribution is 2.48. The first-order valence-electron chi connectivity index (χ1n) is 11.9. The van der Waals surface area contributed by atoms with Crippen molar-refractivity contribution in [2.45, 2.75) is 11.6 Å². The van der Waals surface area contributed by atoms with Crippen LogP contribution in [0.3, 0.4) is 0 Å². The maximum atomic E-state index is 6.23. The summed E-state index contributed by atoms with van der Waals surface area (Å²) in [6.45, 7) is 0. The molecule has 0 aliphatic carbocycles. The molecule has 0 spiro atoms. The van der Waals surface area contributed by atoms with E-state index in [0.29, 0.717) is 45.3 Å². The van der Waals surface area contributed by atoms with Crippen molar-refractivity contribution < 1.29 is 38.5 Å². The first-order chi connectivity index (χ1) is 18.6. The first-order valence-corrected chi connectivity index (χ1v) is 11.9. The number of ether oxygens (including phenoxy) is 4. The normalized spacial score (nSPS) is 15.9. The predicted molar refractivity (Wildman–Crippen MR) is 138 cm³/mol. The Balaban J connectivity index is 1.59. The van der Waals surface area contributed by atoms with Crippen LogP contribution in [0.4, 0.5) is 0 Å². The molecule has 0 amide bonds. The first kappa shape index (κ1) is 25.6. The number of rotatable bonds is 8. The van der Waals surface area contributed by atoms with Crippen molar-refractivity contribution in [3.8, 4) is 23.0 Å². The van der Waals surface area contributed by atoms with Gasteiger partial charge in [0.05, 0.1) is 28.4 Å². The van der Waals surface area contributed by atoms with Crippen LogP contribution in [-0.4, -0.2) is 28.4 Å². The van der Waals surface area contributed by atoms with Gasteiger partial charge in [-0.1, -0.05) is 0 Å². The molecular weight excluding hydrogens is 488 g/mol. The van der Waals surface area contributed by atoms with E-state index in [1.165, 1.54) is 0 Å². The number of hydrogen-bond acceptors (Lipinski definition) is 8. The molecule has 1 aliphatic rings. The Kier molecular flexibility index (Phi) is 7.22. The molecule has 1 aliphatic heterocycles. The molecule has 38 heavy (non-hydrogen) atoms. The zero-order chi connectivity index (χ0) is 26.6. The molecule has 0 bridgehead atoms. The fraction of sp³-hybridized carbons (Fsp3) is 0.200. The molecule has 8 heteroatoms. The fourth-order valence-corrected chi connectivity index (χ4v) is 4.22. The Labute approximate surface area is 221 Å². The highest BCUT2D eigenvalue weighted by molar-refractivity contribution is 5.42. The van der Waals surface area contributed by atoms with Crippen LogP contribution >= 0.6 is 0 Å². The average molecular weight is 517 g/mol. The Bertz CT molecular complexity index is 1120. The minimum atomic E-state index is -1.55. The summed E-state index contributed by atoms with van der Waals surface area (Å²) in [7, 11) is 6.41. The SMILES string of the molecule is COc1ccc(C2(c3ccc(OC)cc3)OOC(c3ccc(OC)cc3)(c3ccc(OC)cc3)OO2)cc1. The summed E-state index contributed by atoms with van der Waals surface area (Å²) in [6.07, 6.45) is 0. The number of methoxy groups -OCH3 is 4. The van der Waals surface area contributed by atoms with E-state index in [1.807, 2.05) is 97.1 Å². The molecule has 5 rings (SSSR count). The van der Waals surface area contributed by atoms with Crippen LogP contribution in [0.2, 0.25) is 0 Å². The molecule has 0 aromatic heterocycles. The van der Waals surface area contributed by atoms with Crippen LogP contribution in [0.1, 0.15) is 22.3 Å². The molecule has 4 aromatic rings. The highest BCUT2D eigenvalue weighted by Gasteiger charge is 2.53. The van der Waals surface area contributed by atoms with Crippen molar-refractivity contribution in [1.82, 2.24) is 0 Å². The van der Waals surface area contributed by atoms with E-state index in [-0.39, 0.29) is 0 Å². The van der Waals surface area contributed by atoms with E-state index in [9.17, 15) is 0 Å². The van der Waals surface area contributed by atoms with Gasteiger partial charge in [-0.2, -0.15) is 19.6 Å². The van der Waals surface area contributed by atoms with Crippen LogP contribution in [0.25, 0.3) is 0 Å². The van der Waals surface area contributed by atoms with Gasteiger partial charge in [0, 0.05) is 22.3 Å². The van der Waals surface area contributed by atoms with Gasteiger partial charge >= 0.3 is 0 Å². The Morgan fingerprint density at radius 1 is 0.342 bits per heavy atom. The standard InChI is InChI=1S/C30H28O8/c1-31-25-13-5-21(6-14-25)29(22-7-15-26(32-2)16-8-22)35-37-30(38-36-29,23-9-17-27(33-3)18-10-23)24-11-19-28(34-4)20-12-24/h5-20H,1-4H3. The van der Waals surface area contributed by atoms with Gasteiger partial charge in [-0.25, -0.2) is 0 Å². The van der Waals surface area contributed by atoms with E-state index in [1.54, 1.807) is 28.4 Å². The van der Waals surface area contributed by atoms with Gasteiger partial charge in [-0.05, 0) is 97.1 Å². The average Bonchev–Trinajstić information content (AvgIpc) is 3.01. The summed E-state index contributed by atoms with van der Waals surface area (Å²) < 4.78 is 21.3. The monoisotopic (exact) mass is 516 g/mol. The van der Waals surface area contributed by atoms with Crippen molar-refractivity contribution in [2.75, 3.05) is 28.4 Å². The van der Waals surface area contributed by atoms with Crippen LogP contribution in [0.5, 0.6) is 23.0 Å². The maximum Gasteiger partial charge on any atom is 0.284 e. The van der Waals surface area contributed by atoms with E-state index in [0.717, 1.165) is 0 Å². The van der Waals surface area contributed by atoms with E-state index < -0.39 is 11.6 Å². The van der Waals surface area contributed by atoms with Crippen LogP contribution < -0.4 is 18.9 Å². The maximum absolute atomic E-state index is 6.23. The van der Waals surface area contributed by atoms with Gasteiger partial charge < -0.3 is 18.9 Å². The zero-order valence-corrected chi connectivity index (χ0v) is 21.5.